The predicted molar refractivity (Wildman–Crippen MR) is 92.8 cm³/mol. The first-order chi connectivity index (χ1) is 11.1. The molecule has 23 heavy (non-hydrogen) atoms. The number of carbonyl (C=O) groups excluding carboxylic acids is 1. The second-order valence-electron chi connectivity index (χ2n) is 5.44. The van der Waals surface area contributed by atoms with E-state index in [2.05, 4.69) is 22.3 Å². The second-order valence-corrected chi connectivity index (χ2v) is 5.87. The average molecular weight is 333 g/mol. The van der Waals surface area contributed by atoms with Crippen molar-refractivity contribution in [2.24, 2.45) is 0 Å². The number of amides is 1. The van der Waals surface area contributed by atoms with Crippen LogP contribution in [-0.4, -0.2) is 38.1 Å². The van der Waals surface area contributed by atoms with Crippen molar-refractivity contribution in [1.29, 1.82) is 0 Å². The van der Waals surface area contributed by atoms with E-state index in [0.29, 0.717) is 17.3 Å². The highest BCUT2D eigenvalue weighted by atomic mass is 35.5. The monoisotopic (exact) mass is 332 g/mol. The van der Waals surface area contributed by atoms with Crippen LogP contribution in [0.15, 0.2) is 54.6 Å². The molecule has 1 atom stereocenters. The van der Waals surface area contributed by atoms with Gasteiger partial charge in [0.1, 0.15) is 5.75 Å². The smallest absolute Gasteiger partial charge is 0.258 e. The van der Waals surface area contributed by atoms with Gasteiger partial charge in [0.15, 0.2) is 6.61 Å². The molecule has 2 aromatic carbocycles. The first-order valence-corrected chi connectivity index (χ1v) is 7.80. The summed E-state index contributed by atoms with van der Waals surface area (Å²) in [5, 5.41) is 3.55. The average Bonchev–Trinajstić information content (AvgIpc) is 2.55. The lowest BCUT2D eigenvalue weighted by atomic mass is 10.1. The van der Waals surface area contributed by atoms with Gasteiger partial charge in [-0.25, -0.2) is 0 Å². The summed E-state index contributed by atoms with van der Waals surface area (Å²) in [5.74, 6) is 0.472. The summed E-state index contributed by atoms with van der Waals surface area (Å²) in [6.45, 7) is 0.510. The maximum atomic E-state index is 12.0. The molecule has 0 bridgehead atoms. The Morgan fingerprint density at radius 3 is 2.39 bits per heavy atom. The minimum atomic E-state index is -0.150. The fourth-order valence-corrected chi connectivity index (χ4v) is 2.34. The largest absolute Gasteiger partial charge is 0.484 e. The summed E-state index contributed by atoms with van der Waals surface area (Å²) >= 11 is 5.81. The number of benzene rings is 2. The third-order valence-corrected chi connectivity index (χ3v) is 3.74. The molecule has 0 fully saturated rings. The molecule has 0 heterocycles. The van der Waals surface area contributed by atoms with Crippen molar-refractivity contribution in [3.63, 3.8) is 0 Å². The molecule has 0 aliphatic heterocycles. The lowest BCUT2D eigenvalue weighted by Crippen LogP contribution is -2.36. The van der Waals surface area contributed by atoms with Gasteiger partial charge in [0.2, 0.25) is 0 Å². The zero-order valence-corrected chi connectivity index (χ0v) is 14.1. The predicted octanol–water partition coefficient (Wildman–Crippen LogP) is 3.14. The highest BCUT2D eigenvalue weighted by molar-refractivity contribution is 6.30. The summed E-state index contributed by atoms with van der Waals surface area (Å²) < 4.78 is 5.44. The number of hydrogen-bond donors (Lipinski definition) is 1. The summed E-state index contributed by atoms with van der Waals surface area (Å²) in [4.78, 5) is 14.0. The second kappa shape index (κ2) is 8.56. The first-order valence-electron chi connectivity index (χ1n) is 7.42. The summed E-state index contributed by atoms with van der Waals surface area (Å²) in [6, 6.07) is 17.1. The van der Waals surface area contributed by atoms with Gasteiger partial charge in [0, 0.05) is 11.6 Å². The van der Waals surface area contributed by atoms with Crippen LogP contribution in [0.4, 0.5) is 0 Å². The lowest BCUT2D eigenvalue weighted by Gasteiger charge is -2.25. The standard InChI is InChI=1S/C18H21ClN2O2/c1-21(2)17(14-6-4-3-5-7-14)12-20-18(22)13-23-16-10-8-15(19)9-11-16/h3-11,17H,12-13H2,1-2H3,(H,20,22). The molecule has 1 N–H and O–H groups in total. The zero-order chi connectivity index (χ0) is 16.7. The van der Waals surface area contributed by atoms with Crippen LogP contribution < -0.4 is 10.1 Å². The molecule has 0 saturated heterocycles. The summed E-state index contributed by atoms with van der Waals surface area (Å²) in [5.41, 5.74) is 1.16. The van der Waals surface area contributed by atoms with E-state index >= 15 is 0 Å². The van der Waals surface area contributed by atoms with Crippen LogP contribution in [0.5, 0.6) is 5.75 Å². The van der Waals surface area contributed by atoms with E-state index in [1.807, 2.05) is 32.3 Å². The van der Waals surface area contributed by atoms with Crippen LogP contribution in [-0.2, 0) is 4.79 Å². The number of ether oxygens (including phenoxy) is 1. The number of likely N-dealkylation sites (N-methyl/N-ethyl adjacent to an activating group) is 1. The van der Waals surface area contributed by atoms with E-state index in [1.165, 1.54) is 0 Å². The molecule has 122 valence electrons. The van der Waals surface area contributed by atoms with Crippen molar-refractivity contribution in [3.8, 4) is 5.75 Å². The molecule has 1 unspecified atom stereocenters. The van der Waals surface area contributed by atoms with Gasteiger partial charge >= 0.3 is 0 Å². The van der Waals surface area contributed by atoms with Crippen LogP contribution in [0.25, 0.3) is 0 Å². The Labute approximate surface area is 142 Å². The Morgan fingerprint density at radius 2 is 1.78 bits per heavy atom. The molecule has 1 amide bonds. The van der Waals surface area contributed by atoms with Crippen molar-refractivity contribution < 1.29 is 9.53 Å². The van der Waals surface area contributed by atoms with Crippen LogP contribution >= 0.6 is 11.6 Å². The van der Waals surface area contributed by atoms with E-state index in [1.54, 1.807) is 24.3 Å². The van der Waals surface area contributed by atoms with Crippen LogP contribution in [0, 0.1) is 0 Å². The Morgan fingerprint density at radius 1 is 1.13 bits per heavy atom. The minimum absolute atomic E-state index is 0.0173. The van der Waals surface area contributed by atoms with E-state index < -0.39 is 0 Å². The topological polar surface area (TPSA) is 41.6 Å². The number of halogens is 1. The van der Waals surface area contributed by atoms with Crippen LogP contribution in [0.1, 0.15) is 11.6 Å². The minimum Gasteiger partial charge on any atom is -0.484 e. The molecule has 0 aliphatic carbocycles. The number of rotatable bonds is 7. The molecule has 2 aromatic rings. The van der Waals surface area contributed by atoms with Gasteiger partial charge in [-0.15, -0.1) is 0 Å². The highest BCUT2D eigenvalue weighted by Gasteiger charge is 2.15. The number of nitrogens with one attached hydrogen (secondary N) is 1. The van der Waals surface area contributed by atoms with Crippen molar-refractivity contribution in [2.75, 3.05) is 27.2 Å². The zero-order valence-electron chi connectivity index (χ0n) is 13.3. The van der Waals surface area contributed by atoms with Crippen molar-refractivity contribution >= 4 is 17.5 Å². The molecular formula is C18H21ClN2O2. The fraction of sp³-hybridized carbons (Fsp3) is 0.278. The Bertz CT molecular complexity index is 615. The quantitative estimate of drug-likeness (QED) is 0.847. The Balaban J connectivity index is 1.83. The van der Waals surface area contributed by atoms with E-state index in [0.717, 1.165) is 5.56 Å². The lowest BCUT2D eigenvalue weighted by molar-refractivity contribution is -0.123. The highest BCUT2D eigenvalue weighted by Crippen LogP contribution is 2.17. The third-order valence-electron chi connectivity index (χ3n) is 3.48. The van der Waals surface area contributed by atoms with E-state index in [4.69, 9.17) is 16.3 Å². The van der Waals surface area contributed by atoms with Gasteiger partial charge < -0.3 is 15.0 Å². The molecule has 0 saturated carbocycles. The normalized spacial score (nSPS) is 12.0. The molecule has 5 heteroatoms. The summed E-state index contributed by atoms with van der Waals surface area (Å²) in [6.07, 6.45) is 0. The summed E-state index contributed by atoms with van der Waals surface area (Å²) in [7, 11) is 3.99. The van der Waals surface area contributed by atoms with Crippen LogP contribution in [0.3, 0.4) is 0 Å². The van der Waals surface area contributed by atoms with E-state index in [9.17, 15) is 4.79 Å². The van der Waals surface area contributed by atoms with Crippen molar-refractivity contribution in [1.82, 2.24) is 10.2 Å². The number of hydrogen-bond acceptors (Lipinski definition) is 3. The van der Waals surface area contributed by atoms with Crippen molar-refractivity contribution in [2.45, 2.75) is 6.04 Å². The first kappa shape index (κ1) is 17.3. The van der Waals surface area contributed by atoms with E-state index in [-0.39, 0.29) is 18.6 Å². The Hall–Kier alpha value is -2.04. The van der Waals surface area contributed by atoms with Gasteiger partial charge in [0.05, 0.1) is 6.04 Å². The van der Waals surface area contributed by atoms with Crippen molar-refractivity contribution in [3.05, 3.63) is 65.2 Å². The molecule has 4 nitrogen and oxygen atoms in total. The molecule has 0 aliphatic rings. The van der Waals surface area contributed by atoms with Gasteiger partial charge in [-0.3, -0.25) is 4.79 Å². The van der Waals surface area contributed by atoms with Crippen LogP contribution in [0.2, 0.25) is 5.02 Å². The maximum absolute atomic E-state index is 12.0. The SMILES string of the molecule is CN(C)C(CNC(=O)COc1ccc(Cl)cc1)c1ccccc1. The van der Waals surface area contributed by atoms with Gasteiger partial charge in [-0.05, 0) is 43.9 Å². The van der Waals surface area contributed by atoms with Gasteiger partial charge in [-0.2, -0.15) is 0 Å². The molecule has 0 radical (unpaired) electrons. The van der Waals surface area contributed by atoms with Gasteiger partial charge in [0.25, 0.3) is 5.91 Å². The third kappa shape index (κ3) is 5.58. The Kier molecular flexibility index (Phi) is 6.44. The molecule has 0 aromatic heterocycles. The fourth-order valence-electron chi connectivity index (χ4n) is 2.21. The van der Waals surface area contributed by atoms with Gasteiger partial charge in [-0.1, -0.05) is 41.9 Å². The molecule has 2 rings (SSSR count). The molecule has 0 spiro atoms. The maximum Gasteiger partial charge on any atom is 0.258 e. The number of nitrogens with zero attached hydrogens (tertiary/aromatic N) is 1. The number of carbonyl (C=O) groups is 1. The molecular weight excluding hydrogens is 312 g/mol.